The second kappa shape index (κ2) is 16.8. The lowest BCUT2D eigenvalue weighted by atomic mass is 10.1. The van der Waals surface area contributed by atoms with Crippen LogP contribution in [0.4, 0.5) is 0 Å². The number of hydrogen-bond donors (Lipinski definition) is 4. The zero-order chi connectivity index (χ0) is 43.6. The molecule has 0 aliphatic carbocycles. The van der Waals surface area contributed by atoms with Crippen LogP contribution >= 0.6 is 0 Å². The molecule has 6 aromatic rings. The fourth-order valence-electron chi connectivity index (χ4n) is 5.47. The molecule has 318 valence electrons. The zero-order valence-electron chi connectivity index (χ0n) is 29.7. The summed E-state index contributed by atoms with van der Waals surface area (Å²) < 4.78 is 167. The second-order valence-electron chi connectivity index (χ2n) is 12.0. The largest absolute Gasteiger partial charge is 0.493 e. The quantitative estimate of drug-likeness (QED) is 0.0735. The summed E-state index contributed by atoms with van der Waals surface area (Å²) in [6, 6.07) is 15.9. The van der Waals surface area contributed by atoms with Gasteiger partial charge in [0.05, 0.1) is 13.2 Å². The van der Waals surface area contributed by atoms with Crippen LogP contribution < -0.4 is 37.1 Å². The van der Waals surface area contributed by atoms with E-state index in [9.17, 15) is 52.4 Å². The third-order valence-electron chi connectivity index (χ3n) is 7.67. The number of benzene rings is 4. The lowest BCUT2D eigenvalue weighted by Gasteiger charge is -2.13. The molecule has 0 aliphatic rings. The Morgan fingerprint density at radius 2 is 0.750 bits per heavy atom. The Morgan fingerprint density at radius 3 is 1.07 bits per heavy atom. The maximum absolute atomic E-state index is 13.3. The first-order valence-corrected chi connectivity index (χ1v) is 21.8. The van der Waals surface area contributed by atoms with E-state index in [1.54, 1.807) is 0 Å². The maximum Gasteiger partial charge on any atom is 0.446 e. The van der Waals surface area contributed by atoms with Gasteiger partial charge in [-0.15, -0.1) is 0 Å². The molecule has 0 amide bonds. The fourth-order valence-corrected chi connectivity index (χ4v) is 6.86. The SMILES string of the molecule is O=c1cc(-c2ccc(OS(=O)(=O)O)cc2)oc2cc(OS(=O)(=O)O)cc(OCCCCOc3cc(OS(=O)(=O)O)cc4oc(-c5ccc(OS(=O)(=O)O)cc5)cc(=O)c34)c12. The summed E-state index contributed by atoms with van der Waals surface area (Å²) in [5, 5.41) is -0.334. The van der Waals surface area contributed by atoms with E-state index < -0.39 is 64.0 Å². The van der Waals surface area contributed by atoms with Crippen LogP contribution in [0.2, 0.25) is 0 Å². The molecule has 0 spiro atoms. The van der Waals surface area contributed by atoms with Gasteiger partial charge >= 0.3 is 41.6 Å². The van der Waals surface area contributed by atoms with Gasteiger partial charge in [0.1, 0.15) is 56.5 Å². The Balaban J connectivity index is 1.20. The molecule has 4 N–H and O–H groups in total. The molecular weight excluding hydrogens is 889 g/mol. The first-order valence-electron chi connectivity index (χ1n) is 16.4. The molecule has 0 saturated carbocycles. The van der Waals surface area contributed by atoms with Crippen molar-refractivity contribution in [2.75, 3.05) is 13.2 Å². The molecule has 0 fully saturated rings. The van der Waals surface area contributed by atoms with Crippen LogP contribution in [0.5, 0.6) is 34.5 Å². The summed E-state index contributed by atoms with van der Waals surface area (Å²) in [5.41, 5.74) is -1.40. The minimum atomic E-state index is -5.06. The molecule has 4 aromatic carbocycles. The van der Waals surface area contributed by atoms with Gasteiger partial charge in [-0.05, 0) is 61.4 Å². The Morgan fingerprint density at radius 1 is 0.433 bits per heavy atom. The summed E-state index contributed by atoms with van der Waals surface area (Å²) in [7, 11) is -19.7. The Labute approximate surface area is 337 Å². The summed E-state index contributed by atoms with van der Waals surface area (Å²) in [5.74, 6) is -2.15. The molecule has 0 radical (unpaired) electrons. The predicted octanol–water partition coefficient (Wildman–Crippen LogP) is 4.20. The summed E-state index contributed by atoms with van der Waals surface area (Å²) >= 11 is 0. The third kappa shape index (κ3) is 11.7. The normalized spacial score (nSPS) is 12.3. The Kier molecular flexibility index (Phi) is 12.1. The number of rotatable bonds is 17. The van der Waals surface area contributed by atoms with E-state index >= 15 is 0 Å². The average Bonchev–Trinajstić information content (AvgIpc) is 3.10. The molecule has 0 aliphatic heterocycles. The molecule has 60 heavy (non-hydrogen) atoms. The highest BCUT2D eigenvalue weighted by Gasteiger charge is 2.20. The molecule has 0 atom stereocenters. The maximum atomic E-state index is 13.3. The van der Waals surface area contributed by atoms with Crippen molar-refractivity contribution >= 4 is 63.5 Å². The van der Waals surface area contributed by atoms with Crippen molar-refractivity contribution in [3.05, 3.63) is 105 Å². The lowest BCUT2D eigenvalue weighted by Crippen LogP contribution is -2.10. The van der Waals surface area contributed by atoms with Gasteiger partial charge in [-0.25, -0.2) is 0 Å². The van der Waals surface area contributed by atoms with Gasteiger partial charge in [-0.3, -0.25) is 27.8 Å². The van der Waals surface area contributed by atoms with Crippen LogP contribution in [-0.4, -0.2) is 65.1 Å². The van der Waals surface area contributed by atoms with Crippen LogP contribution in [0.15, 0.2) is 103 Å². The second-order valence-corrected chi connectivity index (χ2v) is 16.1. The van der Waals surface area contributed by atoms with E-state index in [0.717, 1.165) is 60.7 Å². The van der Waals surface area contributed by atoms with E-state index in [1.165, 1.54) is 24.3 Å². The van der Waals surface area contributed by atoms with Gasteiger partial charge in [0, 0.05) is 47.5 Å². The van der Waals surface area contributed by atoms with E-state index in [4.69, 9.17) is 27.4 Å². The molecule has 6 rings (SSSR count). The van der Waals surface area contributed by atoms with Crippen LogP contribution in [0.1, 0.15) is 12.8 Å². The van der Waals surface area contributed by atoms with Crippen molar-refractivity contribution in [3.63, 3.8) is 0 Å². The van der Waals surface area contributed by atoms with Crippen molar-refractivity contribution in [3.8, 4) is 57.1 Å². The van der Waals surface area contributed by atoms with Crippen molar-refractivity contribution < 1.29 is 86.9 Å². The van der Waals surface area contributed by atoms with Gasteiger partial charge in [-0.2, -0.15) is 33.7 Å². The van der Waals surface area contributed by atoms with E-state index in [1.807, 2.05) is 0 Å². The smallest absolute Gasteiger partial charge is 0.446 e. The van der Waals surface area contributed by atoms with Crippen LogP contribution in [-0.2, 0) is 41.6 Å². The number of unbranched alkanes of at least 4 members (excludes halogenated alkanes) is 1. The highest BCUT2D eigenvalue weighted by Crippen LogP contribution is 2.35. The number of fused-ring (bicyclic) bond motifs is 2. The topological polar surface area (TPSA) is 333 Å². The standard InChI is InChI=1S/C34H26O22S4/c35-25-17-27(19-3-7-21(8-4-19)53-57(37,38)39)51-31-15-23(55-59(43,44)45)13-29(33(25)31)49-11-1-2-12-50-30-14-24(56-60(46,47)48)16-32-34(30)26(36)18-28(52-32)20-5-9-22(10-6-20)54-58(40,41)42/h3-10,13-18H,1-2,11-12H2,(H,37,38,39)(H,40,41,42)(H,43,44,45)(H,46,47,48). The Bertz CT molecular complexity index is 2960. The molecule has 0 bridgehead atoms. The number of hydrogen-bond acceptors (Lipinski definition) is 18. The highest BCUT2D eigenvalue weighted by atomic mass is 32.3. The van der Waals surface area contributed by atoms with Crippen LogP contribution in [0.3, 0.4) is 0 Å². The van der Waals surface area contributed by atoms with Crippen LogP contribution in [0.25, 0.3) is 44.6 Å². The molecule has 0 unspecified atom stereocenters. The van der Waals surface area contributed by atoms with E-state index in [2.05, 4.69) is 16.7 Å². The van der Waals surface area contributed by atoms with Crippen molar-refractivity contribution in [1.29, 1.82) is 0 Å². The van der Waals surface area contributed by atoms with Crippen molar-refractivity contribution in [1.82, 2.24) is 0 Å². The van der Waals surface area contributed by atoms with Gasteiger partial charge < -0.3 is 35.0 Å². The molecule has 2 heterocycles. The summed E-state index contributed by atoms with van der Waals surface area (Å²) in [4.78, 5) is 26.6. The molecule has 2 aromatic heterocycles. The summed E-state index contributed by atoms with van der Waals surface area (Å²) in [6.07, 6.45) is 0.336. The minimum absolute atomic E-state index is 0.0793. The van der Waals surface area contributed by atoms with E-state index in [-0.39, 0.29) is 93.6 Å². The fraction of sp³-hybridized carbons (Fsp3) is 0.118. The average molecular weight is 915 g/mol. The van der Waals surface area contributed by atoms with Gasteiger partial charge in [0.25, 0.3) is 0 Å². The van der Waals surface area contributed by atoms with Crippen molar-refractivity contribution in [2.45, 2.75) is 12.8 Å². The highest BCUT2D eigenvalue weighted by molar-refractivity contribution is 7.82. The first-order chi connectivity index (χ1) is 28.0. The third-order valence-corrected chi connectivity index (χ3v) is 9.29. The number of ether oxygens (including phenoxy) is 2. The molecule has 0 saturated heterocycles. The predicted molar refractivity (Wildman–Crippen MR) is 205 cm³/mol. The first kappa shape index (κ1) is 43.3. The summed E-state index contributed by atoms with van der Waals surface area (Å²) in [6.45, 7) is -0.313. The molecule has 22 nitrogen and oxygen atoms in total. The van der Waals surface area contributed by atoms with Crippen molar-refractivity contribution in [2.24, 2.45) is 0 Å². The molecule has 26 heteroatoms. The van der Waals surface area contributed by atoms with Gasteiger partial charge in [0.2, 0.25) is 0 Å². The molecular formula is C34H26O22S4. The lowest BCUT2D eigenvalue weighted by molar-refractivity contribution is 0.268. The van der Waals surface area contributed by atoms with Gasteiger partial charge in [0.15, 0.2) is 22.4 Å². The van der Waals surface area contributed by atoms with E-state index in [0.29, 0.717) is 0 Å². The zero-order valence-corrected chi connectivity index (χ0v) is 32.9. The van der Waals surface area contributed by atoms with Crippen LogP contribution in [0, 0.1) is 0 Å². The minimum Gasteiger partial charge on any atom is -0.493 e. The Hall–Kier alpha value is -6.26. The van der Waals surface area contributed by atoms with Gasteiger partial charge in [-0.1, -0.05) is 0 Å². The monoisotopic (exact) mass is 914 g/mol.